The van der Waals surface area contributed by atoms with Gasteiger partial charge in [0.15, 0.2) is 0 Å². The van der Waals surface area contributed by atoms with E-state index in [9.17, 15) is 4.39 Å². The van der Waals surface area contributed by atoms with Gasteiger partial charge in [0.2, 0.25) is 5.95 Å². The molecule has 0 bridgehead atoms. The minimum absolute atomic E-state index is 0.174. The van der Waals surface area contributed by atoms with Crippen LogP contribution in [0.3, 0.4) is 0 Å². The molecule has 0 aliphatic heterocycles. The number of halogens is 2. The Morgan fingerprint density at radius 3 is 3.00 bits per heavy atom. The molecular weight excluding hydrogens is 360 g/mol. The number of benzene rings is 1. The summed E-state index contributed by atoms with van der Waals surface area (Å²) in [6, 6.07) is 4.79. The number of aromatic nitrogens is 2. The van der Waals surface area contributed by atoms with Gasteiger partial charge in [-0.25, -0.2) is 9.37 Å². The third-order valence-corrected chi connectivity index (χ3v) is 3.62. The number of hydrogen-bond donors (Lipinski definition) is 1. The molecule has 0 amide bonds. The van der Waals surface area contributed by atoms with Crippen molar-refractivity contribution >= 4 is 34.2 Å². The number of ether oxygens (including phenoxy) is 1. The van der Waals surface area contributed by atoms with Crippen molar-refractivity contribution in [1.82, 2.24) is 9.55 Å². The predicted molar refractivity (Wildman–Crippen MR) is 81.2 cm³/mol. The van der Waals surface area contributed by atoms with Gasteiger partial charge < -0.3 is 14.6 Å². The molecule has 1 heterocycles. The van der Waals surface area contributed by atoms with Crippen LogP contribution in [0.4, 0.5) is 16.0 Å². The molecule has 4 nitrogen and oxygen atoms in total. The lowest BCUT2D eigenvalue weighted by atomic mass is 10.3. The quantitative estimate of drug-likeness (QED) is 0.813. The predicted octanol–water partition coefficient (Wildman–Crippen LogP) is 3.58. The molecule has 0 radical (unpaired) electrons. The summed E-state index contributed by atoms with van der Waals surface area (Å²) in [7, 11) is 1.67. The van der Waals surface area contributed by atoms with Crippen molar-refractivity contribution in [3.05, 3.63) is 40.0 Å². The van der Waals surface area contributed by atoms with Crippen molar-refractivity contribution in [2.24, 2.45) is 0 Å². The molecule has 1 N–H and O–H groups in total. The largest absolute Gasteiger partial charge is 0.383 e. The maximum absolute atomic E-state index is 13.1. The molecule has 0 spiro atoms. The highest BCUT2D eigenvalue weighted by Gasteiger charge is 2.11. The van der Waals surface area contributed by atoms with Crippen LogP contribution in [0, 0.1) is 9.39 Å². The smallest absolute Gasteiger partial charge is 0.207 e. The van der Waals surface area contributed by atoms with E-state index in [-0.39, 0.29) is 11.9 Å². The topological polar surface area (TPSA) is 39.1 Å². The molecule has 19 heavy (non-hydrogen) atoms. The second kappa shape index (κ2) is 6.33. The number of rotatable bonds is 5. The van der Waals surface area contributed by atoms with Crippen LogP contribution >= 0.6 is 22.6 Å². The Kier molecular flexibility index (Phi) is 4.76. The van der Waals surface area contributed by atoms with E-state index < -0.39 is 0 Å². The molecular formula is C13H15FIN3O. The molecule has 2 rings (SSSR count). The molecule has 0 fully saturated rings. The van der Waals surface area contributed by atoms with Gasteiger partial charge in [0.25, 0.3) is 0 Å². The van der Waals surface area contributed by atoms with Crippen LogP contribution in [0.1, 0.15) is 13.0 Å². The van der Waals surface area contributed by atoms with E-state index in [4.69, 9.17) is 4.74 Å². The Balaban J connectivity index is 2.21. The van der Waals surface area contributed by atoms with Gasteiger partial charge in [-0.3, -0.25) is 0 Å². The highest BCUT2D eigenvalue weighted by atomic mass is 127. The first-order valence-electron chi connectivity index (χ1n) is 5.85. The molecule has 1 unspecified atom stereocenters. The summed E-state index contributed by atoms with van der Waals surface area (Å²) < 4.78 is 21.0. The van der Waals surface area contributed by atoms with E-state index in [0.29, 0.717) is 12.6 Å². The number of nitrogens with one attached hydrogen (secondary N) is 1. The fourth-order valence-electron chi connectivity index (χ4n) is 1.80. The van der Waals surface area contributed by atoms with E-state index in [1.54, 1.807) is 19.4 Å². The first-order chi connectivity index (χ1) is 9.11. The van der Waals surface area contributed by atoms with Crippen molar-refractivity contribution in [2.45, 2.75) is 13.0 Å². The summed E-state index contributed by atoms with van der Waals surface area (Å²) in [6.07, 6.45) is 3.62. The van der Waals surface area contributed by atoms with Gasteiger partial charge in [-0.05, 0) is 47.7 Å². The fourth-order valence-corrected chi connectivity index (χ4v) is 2.41. The standard InChI is InChI=1S/C13H15FIN3O/c1-9(8-19-2)18-6-5-16-13(18)17-12-4-3-10(14)7-11(12)15/h3-7,9H,8H2,1-2H3,(H,16,17). The summed E-state index contributed by atoms with van der Waals surface area (Å²) >= 11 is 2.09. The summed E-state index contributed by atoms with van der Waals surface area (Å²) in [5.41, 5.74) is 0.832. The van der Waals surface area contributed by atoms with Gasteiger partial charge in [-0.1, -0.05) is 0 Å². The van der Waals surface area contributed by atoms with E-state index in [1.165, 1.54) is 12.1 Å². The summed E-state index contributed by atoms with van der Waals surface area (Å²) in [5.74, 6) is 0.472. The lowest BCUT2D eigenvalue weighted by Gasteiger charge is -2.16. The lowest BCUT2D eigenvalue weighted by molar-refractivity contribution is 0.163. The summed E-state index contributed by atoms with van der Waals surface area (Å²) in [6.45, 7) is 2.65. The molecule has 1 atom stereocenters. The van der Waals surface area contributed by atoms with Gasteiger partial charge in [-0.15, -0.1) is 0 Å². The van der Waals surface area contributed by atoms with Crippen LogP contribution in [0.2, 0.25) is 0 Å². The van der Waals surface area contributed by atoms with Crippen molar-refractivity contribution in [1.29, 1.82) is 0 Å². The molecule has 6 heteroatoms. The Morgan fingerprint density at radius 1 is 1.53 bits per heavy atom. The van der Waals surface area contributed by atoms with Crippen LogP contribution in [0.5, 0.6) is 0 Å². The van der Waals surface area contributed by atoms with Gasteiger partial charge >= 0.3 is 0 Å². The number of imidazole rings is 1. The Morgan fingerprint density at radius 2 is 2.32 bits per heavy atom. The number of nitrogens with zero attached hydrogens (tertiary/aromatic N) is 2. The lowest BCUT2D eigenvalue weighted by Crippen LogP contribution is -2.13. The molecule has 0 saturated carbocycles. The highest BCUT2D eigenvalue weighted by Crippen LogP contribution is 2.24. The normalized spacial score (nSPS) is 12.4. The summed E-state index contributed by atoms with van der Waals surface area (Å²) in [5, 5.41) is 3.21. The van der Waals surface area contributed by atoms with Crippen molar-refractivity contribution in [2.75, 3.05) is 19.0 Å². The highest BCUT2D eigenvalue weighted by molar-refractivity contribution is 14.1. The molecule has 2 aromatic rings. The van der Waals surface area contributed by atoms with E-state index >= 15 is 0 Å². The zero-order chi connectivity index (χ0) is 13.8. The SMILES string of the molecule is COCC(C)n1ccnc1Nc1ccc(F)cc1I. The first-order valence-corrected chi connectivity index (χ1v) is 6.93. The second-order valence-electron chi connectivity index (χ2n) is 4.21. The Hall–Kier alpha value is -1.15. The molecule has 102 valence electrons. The van der Waals surface area contributed by atoms with Crippen LogP contribution in [0.15, 0.2) is 30.6 Å². The molecule has 0 aliphatic rings. The van der Waals surface area contributed by atoms with Crippen LogP contribution in [-0.4, -0.2) is 23.3 Å². The maximum Gasteiger partial charge on any atom is 0.207 e. The van der Waals surface area contributed by atoms with Crippen molar-refractivity contribution in [3.63, 3.8) is 0 Å². The minimum Gasteiger partial charge on any atom is -0.383 e. The molecule has 0 aliphatic carbocycles. The molecule has 0 saturated heterocycles. The second-order valence-corrected chi connectivity index (χ2v) is 5.37. The number of methoxy groups -OCH3 is 1. The zero-order valence-electron chi connectivity index (χ0n) is 10.7. The maximum atomic E-state index is 13.1. The van der Waals surface area contributed by atoms with Gasteiger partial charge in [0, 0.05) is 23.1 Å². The Bertz CT molecular complexity index is 559. The van der Waals surface area contributed by atoms with Gasteiger partial charge in [0.05, 0.1) is 18.3 Å². The monoisotopic (exact) mass is 375 g/mol. The van der Waals surface area contributed by atoms with Crippen molar-refractivity contribution in [3.8, 4) is 0 Å². The molecule has 1 aromatic heterocycles. The summed E-state index contributed by atoms with van der Waals surface area (Å²) in [4.78, 5) is 4.28. The zero-order valence-corrected chi connectivity index (χ0v) is 12.9. The van der Waals surface area contributed by atoms with Gasteiger partial charge in [0.1, 0.15) is 5.82 Å². The average molecular weight is 375 g/mol. The first kappa shape index (κ1) is 14.3. The van der Waals surface area contributed by atoms with Crippen LogP contribution in [0.25, 0.3) is 0 Å². The van der Waals surface area contributed by atoms with Crippen LogP contribution in [-0.2, 0) is 4.74 Å². The average Bonchev–Trinajstić information content (AvgIpc) is 2.81. The number of anilines is 2. The van der Waals surface area contributed by atoms with E-state index in [0.717, 1.165) is 9.26 Å². The number of hydrogen-bond acceptors (Lipinski definition) is 3. The van der Waals surface area contributed by atoms with Gasteiger partial charge in [-0.2, -0.15) is 0 Å². The third-order valence-electron chi connectivity index (χ3n) is 2.73. The molecule has 1 aromatic carbocycles. The Labute approximate surface area is 125 Å². The van der Waals surface area contributed by atoms with Crippen LogP contribution < -0.4 is 5.32 Å². The third kappa shape index (κ3) is 3.44. The van der Waals surface area contributed by atoms with Crippen molar-refractivity contribution < 1.29 is 9.13 Å². The van der Waals surface area contributed by atoms with E-state index in [2.05, 4.69) is 32.9 Å². The minimum atomic E-state index is -0.244. The van der Waals surface area contributed by atoms with E-state index in [1.807, 2.05) is 17.7 Å². The fraction of sp³-hybridized carbons (Fsp3) is 0.308.